The summed E-state index contributed by atoms with van der Waals surface area (Å²) >= 11 is 0. The van der Waals surface area contributed by atoms with Crippen molar-refractivity contribution in [1.29, 1.82) is 0 Å². The summed E-state index contributed by atoms with van der Waals surface area (Å²) in [6.07, 6.45) is 8.16. The largest absolute Gasteiger partial charge is 0.493 e. The maximum absolute atomic E-state index is 13.2. The molecule has 1 fully saturated rings. The lowest BCUT2D eigenvalue weighted by molar-refractivity contribution is -0.132. The van der Waals surface area contributed by atoms with Crippen molar-refractivity contribution in [3.8, 4) is 5.75 Å². The number of fused-ring (bicyclic) bond motifs is 1. The van der Waals surface area contributed by atoms with Crippen LogP contribution in [0, 0.1) is 0 Å². The van der Waals surface area contributed by atoms with E-state index in [2.05, 4.69) is 27.1 Å². The number of nitrogens with zero attached hydrogens (tertiary/aromatic N) is 5. The van der Waals surface area contributed by atoms with Gasteiger partial charge in [0.05, 0.1) is 32.1 Å². The fourth-order valence-electron chi connectivity index (χ4n) is 4.49. The molecule has 8 nitrogen and oxygen atoms in total. The molecule has 3 aromatic rings. The molecule has 2 aliphatic heterocycles. The highest BCUT2D eigenvalue weighted by Crippen LogP contribution is 2.26. The van der Waals surface area contributed by atoms with Crippen LogP contribution in [0.5, 0.6) is 5.75 Å². The van der Waals surface area contributed by atoms with E-state index < -0.39 is 0 Å². The smallest absolute Gasteiger partial charge is 0.237 e. The molecule has 1 amide bonds. The Morgan fingerprint density at radius 1 is 1.09 bits per heavy atom. The van der Waals surface area contributed by atoms with E-state index in [0.29, 0.717) is 39.3 Å². The van der Waals surface area contributed by atoms with Gasteiger partial charge in [-0.05, 0) is 34.9 Å². The molecular formula is C25H29N5O3. The zero-order chi connectivity index (χ0) is 22.6. The maximum Gasteiger partial charge on any atom is 0.237 e. The minimum atomic E-state index is -0.0981. The lowest BCUT2D eigenvalue weighted by Gasteiger charge is -2.25. The Morgan fingerprint density at radius 2 is 1.97 bits per heavy atom. The van der Waals surface area contributed by atoms with E-state index in [1.807, 2.05) is 42.5 Å². The standard InChI is InChI=1S/C25H29N5O3/c1-28-12-21(11-27-28)14-30-16-23(33-18-19-4-7-26-8-5-19)15-29(17-25(30)31)13-20-2-3-24-22(10-20)6-9-32-24/h2-5,7-8,10-12,23H,6,9,13-18H2,1H3. The molecule has 1 aromatic carbocycles. The summed E-state index contributed by atoms with van der Waals surface area (Å²) in [6, 6.07) is 10.3. The lowest BCUT2D eigenvalue weighted by atomic mass is 10.1. The van der Waals surface area contributed by atoms with Crippen molar-refractivity contribution in [2.75, 3.05) is 26.2 Å². The molecule has 4 heterocycles. The zero-order valence-corrected chi connectivity index (χ0v) is 18.9. The van der Waals surface area contributed by atoms with Gasteiger partial charge in [-0.3, -0.25) is 19.4 Å². The Kier molecular flexibility index (Phi) is 6.37. The summed E-state index contributed by atoms with van der Waals surface area (Å²) in [5.74, 6) is 1.09. The van der Waals surface area contributed by atoms with Crippen LogP contribution >= 0.6 is 0 Å². The van der Waals surface area contributed by atoms with Crippen LogP contribution < -0.4 is 4.74 Å². The monoisotopic (exact) mass is 447 g/mol. The third kappa shape index (κ3) is 5.40. The normalized spacial score (nSPS) is 18.8. The number of benzene rings is 1. The van der Waals surface area contributed by atoms with Crippen LogP contribution in [0.3, 0.4) is 0 Å². The molecule has 2 aliphatic rings. The first-order valence-corrected chi connectivity index (χ1v) is 11.3. The van der Waals surface area contributed by atoms with Crippen molar-refractivity contribution in [2.45, 2.75) is 32.2 Å². The number of carbonyl (C=O) groups excluding carboxylic acids is 1. The second-order valence-electron chi connectivity index (χ2n) is 8.80. The van der Waals surface area contributed by atoms with Gasteiger partial charge in [-0.2, -0.15) is 5.10 Å². The second kappa shape index (κ2) is 9.72. The molecule has 0 spiro atoms. The number of carbonyl (C=O) groups is 1. The van der Waals surface area contributed by atoms with Crippen molar-refractivity contribution in [3.05, 3.63) is 77.4 Å². The molecule has 0 bridgehead atoms. The van der Waals surface area contributed by atoms with Crippen molar-refractivity contribution < 1.29 is 14.3 Å². The summed E-state index contributed by atoms with van der Waals surface area (Å²) in [5.41, 5.74) is 4.54. The SMILES string of the molecule is Cn1cc(CN2CC(OCc3ccncc3)CN(Cc3ccc4c(c3)CCO4)CC2=O)cn1. The maximum atomic E-state index is 13.2. The highest BCUT2D eigenvalue weighted by Gasteiger charge is 2.29. The molecule has 0 aliphatic carbocycles. The molecule has 1 saturated heterocycles. The molecule has 0 saturated carbocycles. The van der Waals surface area contributed by atoms with Gasteiger partial charge < -0.3 is 14.4 Å². The van der Waals surface area contributed by atoms with Gasteiger partial charge in [-0.1, -0.05) is 12.1 Å². The highest BCUT2D eigenvalue weighted by atomic mass is 16.5. The Hall–Kier alpha value is -3.23. The fourth-order valence-corrected chi connectivity index (χ4v) is 4.49. The van der Waals surface area contributed by atoms with Crippen LogP contribution in [0.1, 0.15) is 22.3 Å². The number of amides is 1. The van der Waals surface area contributed by atoms with Crippen LogP contribution in [0.15, 0.2) is 55.1 Å². The molecule has 8 heteroatoms. The van der Waals surface area contributed by atoms with Crippen LogP contribution in [-0.4, -0.2) is 62.8 Å². The second-order valence-corrected chi connectivity index (χ2v) is 8.80. The molecule has 33 heavy (non-hydrogen) atoms. The number of rotatable bonds is 7. The fraction of sp³-hybridized carbons (Fsp3) is 0.400. The van der Waals surface area contributed by atoms with Gasteiger partial charge in [0.1, 0.15) is 5.75 Å². The first kappa shape index (κ1) is 21.6. The average molecular weight is 448 g/mol. The molecule has 172 valence electrons. The molecule has 1 atom stereocenters. The van der Waals surface area contributed by atoms with Crippen molar-refractivity contribution in [3.63, 3.8) is 0 Å². The number of hydrogen-bond acceptors (Lipinski definition) is 6. The van der Waals surface area contributed by atoms with Gasteiger partial charge in [-0.25, -0.2) is 0 Å². The Balaban J connectivity index is 1.31. The summed E-state index contributed by atoms with van der Waals surface area (Å²) in [4.78, 5) is 21.4. The molecule has 2 aromatic heterocycles. The number of hydrogen-bond donors (Lipinski definition) is 0. The summed E-state index contributed by atoms with van der Waals surface area (Å²) in [6.45, 7) is 4.08. The predicted octanol–water partition coefficient (Wildman–Crippen LogP) is 2.18. The minimum Gasteiger partial charge on any atom is -0.493 e. The Morgan fingerprint density at radius 3 is 2.79 bits per heavy atom. The van der Waals surface area contributed by atoms with Gasteiger partial charge in [0.2, 0.25) is 5.91 Å². The van der Waals surface area contributed by atoms with E-state index in [-0.39, 0.29) is 12.0 Å². The topological polar surface area (TPSA) is 72.7 Å². The van der Waals surface area contributed by atoms with Gasteiger partial charge >= 0.3 is 0 Å². The number of aryl methyl sites for hydroxylation is 1. The highest BCUT2D eigenvalue weighted by molar-refractivity contribution is 5.78. The van der Waals surface area contributed by atoms with Crippen LogP contribution in [0.2, 0.25) is 0 Å². The third-order valence-corrected chi connectivity index (χ3v) is 6.12. The first-order valence-electron chi connectivity index (χ1n) is 11.3. The molecule has 5 rings (SSSR count). The average Bonchev–Trinajstić information content (AvgIpc) is 3.42. The number of aromatic nitrogens is 3. The lowest BCUT2D eigenvalue weighted by Crippen LogP contribution is -2.37. The number of ether oxygens (including phenoxy) is 2. The van der Waals surface area contributed by atoms with Gasteiger partial charge in [-0.15, -0.1) is 0 Å². The molecule has 0 radical (unpaired) electrons. The van der Waals surface area contributed by atoms with Crippen molar-refractivity contribution in [2.24, 2.45) is 7.05 Å². The number of pyridine rings is 1. The first-order chi connectivity index (χ1) is 16.1. The molecule has 1 unspecified atom stereocenters. The van der Waals surface area contributed by atoms with E-state index in [4.69, 9.17) is 9.47 Å². The Bertz CT molecular complexity index is 1100. The van der Waals surface area contributed by atoms with E-state index in [1.54, 1.807) is 17.1 Å². The van der Waals surface area contributed by atoms with E-state index in [1.165, 1.54) is 11.1 Å². The van der Waals surface area contributed by atoms with E-state index >= 15 is 0 Å². The van der Waals surface area contributed by atoms with Gasteiger partial charge in [0.15, 0.2) is 0 Å². The van der Waals surface area contributed by atoms with Gasteiger partial charge in [0.25, 0.3) is 0 Å². The van der Waals surface area contributed by atoms with Crippen molar-refractivity contribution in [1.82, 2.24) is 24.6 Å². The van der Waals surface area contributed by atoms with Gasteiger partial charge in [0, 0.05) is 63.8 Å². The summed E-state index contributed by atoms with van der Waals surface area (Å²) in [7, 11) is 1.89. The summed E-state index contributed by atoms with van der Waals surface area (Å²) in [5, 5.41) is 4.25. The van der Waals surface area contributed by atoms with Crippen LogP contribution in [0.4, 0.5) is 0 Å². The third-order valence-electron chi connectivity index (χ3n) is 6.12. The molecule has 0 N–H and O–H groups in total. The zero-order valence-electron chi connectivity index (χ0n) is 18.9. The Labute approximate surface area is 193 Å². The van der Waals surface area contributed by atoms with Crippen LogP contribution in [0.25, 0.3) is 0 Å². The quantitative estimate of drug-likeness (QED) is 0.553. The molecular weight excluding hydrogens is 418 g/mol. The van der Waals surface area contributed by atoms with E-state index in [0.717, 1.165) is 29.9 Å². The predicted molar refractivity (Wildman–Crippen MR) is 122 cm³/mol. The van der Waals surface area contributed by atoms with Crippen molar-refractivity contribution >= 4 is 5.91 Å². The van der Waals surface area contributed by atoms with E-state index in [9.17, 15) is 4.79 Å². The minimum absolute atomic E-state index is 0.0981. The van der Waals surface area contributed by atoms with Crippen LogP contribution in [-0.2, 0) is 42.7 Å². The summed E-state index contributed by atoms with van der Waals surface area (Å²) < 4.78 is 13.7.